The molecule has 1 atom stereocenters. The molecule has 1 aliphatic rings. The van der Waals surface area contributed by atoms with Crippen molar-refractivity contribution in [3.8, 4) is 0 Å². The molecule has 6 nitrogen and oxygen atoms in total. The van der Waals surface area contributed by atoms with Gasteiger partial charge in [0.25, 0.3) is 0 Å². The predicted octanol–water partition coefficient (Wildman–Crippen LogP) is 2.46. The Balaban J connectivity index is 1.85. The Hall–Kier alpha value is -2.70. The van der Waals surface area contributed by atoms with Crippen LogP contribution in [0.25, 0.3) is 0 Å². The smallest absolute Gasteiger partial charge is 0.224 e. The molecule has 0 aliphatic carbocycles. The van der Waals surface area contributed by atoms with Crippen LogP contribution in [-0.4, -0.2) is 39.9 Å². The zero-order valence-electron chi connectivity index (χ0n) is 15.1. The van der Waals surface area contributed by atoms with Crippen LogP contribution in [0.4, 0.5) is 16.0 Å². The van der Waals surface area contributed by atoms with Gasteiger partial charge < -0.3 is 15.5 Å². The summed E-state index contributed by atoms with van der Waals surface area (Å²) in [5.41, 5.74) is 6.70. The summed E-state index contributed by atoms with van der Waals surface area (Å²) in [5.74, 6) is 1.23. The van der Waals surface area contributed by atoms with E-state index in [1.165, 1.54) is 18.5 Å². The monoisotopic (exact) mass is 357 g/mol. The molecular weight excluding hydrogens is 333 g/mol. The average Bonchev–Trinajstić information content (AvgIpc) is 2.77. The van der Waals surface area contributed by atoms with Gasteiger partial charge in [-0.25, -0.2) is 14.4 Å². The van der Waals surface area contributed by atoms with Crippen LogP contribution < -0.4 is 10.6 Å². The fraction of sp³-hybridized carbons (Fsp3) is 0.421. The number of hydrogen-bond donors (Lipinski definition) is 1. The number of amides is 1. The number of nitrogens with zero attached hydrogens (tertiary/aromatic N) is 4. The fourth-order valence-electron chi connectivity index (χ4n) is 3.28. The molecule has 2 aromatic rings. The van der Waals surface area contributed by atoms with Gasteiger partial charge in [-0.05, 0) is 23.6 Å². The summed E-state index contributed by atoms with van der Waals surface area (Å²) in [7, 11) is 0. The molecule has 7 heteroatoms. The summed E-state index contributed by atoms with van der Waals surface area (Å²) in [6.07, 6.45) is 1.84. The molecule has 2 heterocycles. The molecule has 0 saturated carbocycles. The van der Waals surface area contributed by atoms with Crippen molar-refractivity contribution in [3.63, 3.8) is 0 Å². The largest absolute Gasteiger partial charge is 0.384 e. The lowest BCUT2D eigenvalue weighted by molar-refractivity contribution is -0.134. The lowest BCUT2D eigenvalue weighted by Crippen LogP contribution is -2.46. The number of anilines is 2. The third-order valence-electron chi connectivity index (χ3n) is 4.76. The van der Waals surface area contributed by atoms with Gasteiger partial charge in [0.1, 0.15) is 23.8 Å². The number of carbonyl (C=O) groups excluding carboxylic acids is 1. The van der Waals surface area contributed by atoms with E-state index in [4.69, 9.17) is 5.73 Å². The van der Waals surface area contributed by atoms with Crippen LogP contribution in [0.1, 0.15) is 25.8 Å². The second-order valence-electron chi connectivity index (χ2n) is 6.96. The standard InChI is InChI=1S/C19H24FN5O/c1-13(2)16-11-24(18-9-17(21)22-12-23-18)8-7-19(26)25(16)10-14-3-5-15(20)6-4-14/h3-6,9,12-13,16H,7-8,10-11H2,1-2H3,(H2,21,22,23). The molecule has 1 aliphatic heterocycles. The summed E-state index contributed by atoms with van der Waals surface area (Å²) in [6.45, 7) is 5.93. The Morgan fingerprint density at radius 1 is 1.27 bits per heavy atom. The minimum absolute atomic E-state index is 0.0197. The number of benzene rings is 1. The van der Waals surface area contributed by atoms with Crippen LogP contribution >= 0.6 is 0 Å². The molecule has 0 spiro atoms. The molecule has 0 radical (unpaired) electrons. The number of rotatable bonds is 4. The number of hydrogen-bond acceptors (Lipinski definition) is 5. The maximum absolute atomic E-state index is 13.2. The van der Waals surface area contributed by atoms with Crippen molar-refractivity contribution in [1.82, 2.24) is 14.9 Å². The van der Waals surface area contributed by atoms with E-state index >= 15 is 0 Å². The van der Waals surface area contributed by atoms with E-state index < -0.39 is 0 Å². The van der Waals surface area contributed by atoms with Crippen molar-refractivity contribution in [2.24, 2.45) is 5.92 Å². The third-order valence-corrected chi connectivity index (χ3v) is 4.76. The van der Waals surface area contributed by atoms with Crippen LogP contribution in [0.15, 0.2) is 36.7 Å². The number of nitrogen functional groups attached to an aromatic ring is 1. The van der Waals surface area contributed by atoms with E-state index in [2.05, 4.69) is 28.7 Å². The van der Waals surface area contributed by atoms with E-state index in [9.17, 15) is 9.18 Å². The van der Waals surface area contributed by atoms with Gasteiger partial charge in [0.05, 0.1) is 6.04 Å². The van der Waals surface area contributed by atoms with Gasteiger partial charge in [0.2, 0.25) is 5.91 Å². The molecule has 1 unspecified atom stereocenters. The van der Waals surface area contributed by atoms with Crippen LogP contribution in [0.3, 0.4) is 0 Å². The van der Waals surface area contributed by atoms with Gasteiger partial charge in [0.15, 0.2) is 0 Å². The highest BCUT2D eigenvalue weighted by Crippen LogP contribution is 2.24. The second kappa shape index (κ2) is 7.68. The molecule has 1 aromatic carbocycles. The number of aromatic nitrogens is 2. The number of carbonyl (C=O) groups is 1. The quantitative estimate of drug-likeness (QED) is 0.910. The van der Waals surface area contributed by atoms with Gasteiger partial charge in [-0.15, -0.1) is 0 Å². The number of halogens is 1. The maximum atomic E-state index is 13.2. The maximum Gasteiger partial charge on any atom is 0.224 e. The van der Waals surface area contributed by atoms with E-state index in [1.807, 2.05) is 4.90 Å². The van der Waals surface area contributed by atoms with Crippen LogP contribution in [0.5, 0.6) is 0 Å². The minimum Gasteiger partial charge on any atom is -0.384 e. The molecule has 1 amide bonds. The molecule has 26 heavy (non-hydrogen) atoms. The first-order valence-corrected chi connectivity index (χ1v) is 8.80. The third kappa shape index (κ3) is 4.09. The molecule has 0 bridgehead atoms. The first kappa shape index (κ1) is 18.1. The summed E-state index contributed by atoms with van der Waals surface area (Å²) in [4.78, 5) is 25.0. The van der Waals surface area contributed by atoms with E-state index in [-0.39, 0.29) is 23.7 Å². The van der Waals surface area contributed by atoms with E-state index in [0.717, 1.165) is 11.4 Å². The Morgan fingerprint density at radius 2 is 2.00 bits per heavy atom. The lowest BCUT2D eigenvalue weighted by Gasteiger charge is -2.35. The highest BCUT2D eigenvalue weighted by Gasteiger charge is 2.32. The van der Waals surface area contributed by atoms with Crippen molar-refractivity contribution in [3.05, 3.63) is 48.0 Å². The van der Waals surface area contributed by atoms with Crippen LogP contribution in [-0.2, 0) is 11.3 Å². The van der Waals surface area contributed by atoms with Gasteiger partial charge in [-0.1, -0.05) is 26.0 Å². The summed E-state index contributed by atoms with van der Waals surface area (Å²) < 4.78 is 13.2. The summed E-state index contributed by atoms with van der Waals surface area (Å²) >= 11 is 0. The van der Waals surface area contributed by atoms with Gasteiger partial charge in [-0.2, -0.15) is 0 Å². The van der Waals surface area contributed by atoms with Crippen LogP contribution in [0, 0.1) is 11.7 Å². The highest BCUT2D eigenvalue weighted by molar-refractivity contribution is 5.78. The summed E-state index contributed by atoms with van der Waals surface area (Å²) in [5, 5.41) is 0. The molecule has 1 fully saturated rings. The first-order chi connectivity index (χ1) is 12.4. The van der Waals surface area contributed by atoms with E-state index in [1.54, 1.807) is 18.2 Å². The summed E-state index contributed by atoms with van der Waals surface area (Å²) in [6, 6.07) is 8.07. The normalized spacial score (nSPS) is 18.3. The van der Waals surface area contributed by atoms with Crippen molar-refractivity contribution in [2.75, 3.05) is 23.7 Å². The van der Waals surface area contributed by atoms with Crippen molar-refractivity contribution in [2.45, 2.75) is 32.9 Å². The lowest BCUT2D eigenvalue weighted by atomic mass is 10.0. The SMILES string of the molecule is CC(C)C1CN(c2cc(N)ncn2)CCC(=O)N1Cc1ccc(F)cc1. The topological polar surface area (TPSA) is 75.3 Å². The molecule has 1 aromatic heterocycles. The predicted molar refractivity (Wildman–Crippen MR) is 98.9 cm³/mol. The highest BCUT2D eigenvalue weighted by atomic mass is 19.1. The Kier molecular flexibility index (Phi) is 5.35. The average molecular weight is 357 g/mol. The van der Waals surface area contributed by atoms with Gasteiger partial charge >= 0.3 is 0 Å². The fourth-order valence-corrected chi connectivity index (χ4v) is 3.28. The van der Waals surface area contributed by atoms with Crippen molar-refractivity contribution >= 4 is 17.5 Å². The molecule has 2 N–H and O–H groups in total. The first-order valence-electron chi connectivity index (χ1n) is 8.80. The van der Waals surface area contributed by atoms with E-state index in [0.29, 0.717) is 31.9 Å². The molecule has 138 valence electrons. The minimum atomic E-state index is -0.274. The zero-order chi connectivity index (χ0) is 18.7. The molecule has 3 rings (SSSR count). The van der Waals surface area contributed by atoms with Gasteiger partial charge in [-0.3, -0.25) is 4.79 Å². The second-order valence-corrected chi connectivity index (χ2v) is 6.96. The zero-order valence-corrected chi connectivity index (χ0v) is 15.1. The van der Waals surface area contributed by atoms with Gasteiger partial charge in [0, 0.05) is 32.1 Å². The Morgan fingerprint density at radius 3 is 2.65 bits per heavy atom. The van der Waals surface area contributed by atoms with Crippen molar-refractivity contribution < 1.29 is 9.18 Å². The molecular formula is C19H24FN5O. The van der Waals surface area contributed by atoms with Crippen molar-refractivity contribution in [1.29, 1.82) is 0 Å². The van der Waals surface area contributed by atoms with Crippen LogP contribution in [0.2, 0.25) is 0 Å². The Labute approximate surface area is 152 Å². The molecule has 1 saturated heterocycles. The number of nitrogens with two attached hydrogens (primary N) is 1. The Bertz CT molecular complexity index is 765.